The fourth-order valence-corrected chi connectivity index (χ4v) is 1.24. The van der Waals surface area contributed by atoms with Crippen LogP contribution in [0.15, 0.2) is 37.1 Å². The Morgan fingerprint density at radius 1 is 1.21 bits per heavy atom. The fraction of sp³-hybridized carbons (Fsp3) is 0.100. The zero-order valence-corrected chi connectivity index (χ0v) is 7.59. The van der Waals surface area contributed by atoms with E-state index >= 15 is 0 Å². The Labute approximate surface area is 81.9 Å². The summed E-state index contributed by atoms with van der Waals surface area (Å²) in [5, 5.41) is 0. The number of pyridine rings is 1. The SMILES string of the molecule is Nc1ncccc1Cc1cncnc1. The number of nitrogens with zero attached hydrogens (tertiary/aromatic N) is 3. The van der Waals surface area contributed by atoms with Crippen molar-refractivity contribution < 1.29 is 0 Å². The minimum Gasteiger partial charge on any atom is -0.383 e. The second-order valence-corrected chi connectivity index (χ2v) is 2.97. The van der Waals surface area contributed by atoms with E-state index in [0.29, 0.717) is 5.82 Å². The monoisotopic (exact) mass is 186 g/mol. The molecule has 0 unspecified atom stereocenters. The quantitative estimate of drug-likeness (QED) is 0.761. The van der Waals surface area contributed by atoms with E-state index in [1.54, 1.807) is 18.6 Å². The average Bonchev–Trinajstić information content (AvgIpc) is 2.23. The Hall–Kier alpha value is -1.97. The van der Waals surface area contributed by atoms with Crippen LogP contribution in [0.5, 0.6) is 0 Å². The third-order valence-corrected chi connectivity index (χ3v) is 1.93. The summed E-state index contributed by atoms with van der Waals surface area (Å²) in [4.78, 5) is 11.9. The number of hydrogen-bond donors (Lipinski definition) is 1. The Morgan fingerprint density at radius 2 is 2.00 bits per heavy atom. The third kappa shape index (κ3) is 1.85. The van der Waals surface area contributed by atoms with E-state index in [4.69, 9.17) is 5.73 Å². The number of anilines is 1. The van der Waals surface area contributed by atoms with Gasteiger partial charge in [-0.15, -0.1) is 0 Å². The predicted molar refractivity (Wildman–Crippen MR) is 53.5 cm³/mol. The summed E-state index contributed by atoms with van der Waals surface area (Å²) in [6.45, 7) is 0. The number of nitrogens with two attached hydrogens (primary N) is 1. The standard InChI is InChI=1S/C10H10N4/c11-10-9(2-1-3-14-10)4-8-5-12-7-13-6-8/h1-3,5-7H,4H2,(H2,11,14). The molecule has 2 aromatic rings. The molecule has 0 spiro atoms. The molecule has 0 saturated carbocycles. The smallest absolute Gasteiger partial charge is 0.126 e. The van der Waals surface area contributed by atoms with E-state index in [1.807, 2.05) is 12.1 Å². The Kier molecular flexibility index (Phi) is 2.36. The van der Waals surface area contributed by atoms with Crippen molar-refractivity contribution in [1.82, 2.24) is 15.0 Å². The molecule has 0 fully saturated rings. The molecular formula is C10H10N4. The maximum atomic E-state index is 5.72. The first-order valence-electron chi connectivity index (χ1n) is 4.29. The van der Waals surface area contributed by atoms with Crippen LogP contribution < -0.4 is 5.73 Å². The van der Waals surface area contributed by atoms with Crippen molar-refractivity contribution in [3.63, 3.8) is 0 Å². The summed E-state index contributed by atoms with van der Waals surface area (Å²) < 4.78 is 0. The largest absolute Gasteiger partial charge is 0.383 e. The molecule has 14 heavy (non-hydrogen) atoms. The zero-order chi connectivity index (χ0) is 9.80. The number of rotatable bonds is 2. The van der Waals surface area contributed by atoms with Gasteiger partial charge in [0.15, 0.2) is 0 Å². The van der Waals surface area contributed by atoms with Gasteiger partial charge in [0, 0.05) is 25.0 Å². The molecule has 2 N–H and O–H groups in total. The molecule has 0 radical (unpaired) electrons. The van der Waals surface area contributed by atoms with Gasteiger partial charge in [-0.2, -0.15) is 0 Å². The lowest BCUT2D eigenvalue weighted by Crippen LogP contribution is -1.98. The molecule has 0 atom stereocenters. The van der Waals surface area contributed by atoms with Crippen LogP contribution >= 0.6 is 0 Å². The molecule has 0 saturated heterocycles. The lowest BCUT2D eigenvalue weighted by Gasteiger charge is -2.02. The van der Waals surface area contributed by atoms with E-state index in [-0.39, 0.29) is 0 Å². The summed E-state index contributed by atoms with van der Waals surface area (Å²) in [5.41, 5.74) is 7.75. The van der Waals surface area contributed by atoms with Crippen LogP contribution in [-0.4, -0.2) is 15.0 Å². The van der Waals surface area contributed by atoms with E-state index in [0.717, 1.165) is 17.5 Å². The molecule has 0 aromatic carbocycles. The molecule has 4 nitrogen and oxygen atoms in total. The highest BCUT2D eigenvalue weighted by molar-refractivity contribution is 5.40. The minimum atomic E-state index is 0.566. The molecule has 70 valence electrons. The predicted octanol–water partition coefficient (Wildman–Crippen LogP) is 1.04. The van der Waals surface area contributed by atoms with Crippen LogP contribution in [0.3, 0.4) is 0 Å². The van der Waals surface area contributed by atoms with E-state index < -0.39 is 0 Å². The van der Waals surface area contributed by atoms with Crippen molar-refractivity contribution in [2.24, 2.45) is 0 Å². The molecule has 2 heterocycles. The van der Waals surface area contributed by atoms with Crippen molar-refractivity contribution in [3.8, 4) is 0 Å². The van der Waals surface area contributed by atoms with Gasteiger partial charge in [-0.25, -0.2) is 15.0 Å². The van der Waals surface area contributed by atoms with Crippen molar-refractivity contribution in [2.75, 3.05) is 5.73 Å². The van der Waals surface area contributed by atoms with E-state index in [9.17, 15) is 0 Å². The summed E-state index contributed by atoms with van der Waals surface area (Å²) in [7, 11) is 0. The highest BCUT2D eigenvalue weighted by Gasteiger charge is 2.00. The molecule has 4 heteroatoms. The van der Waals surface area contributed by atoms with Crippen LogP contribution in [0.25, 0.3) is 0 Å². The first-order chi connectivity index (χ1) is 6.86. The van der Waals surface area contributed by atoms with Gasteiger partial charge < -0.3 is 5.73 Å². The highest BCUT2D eigenvalue weighted by Crippen LogP contribution is 2.11. The van der Waals surface area contributed by atoms with Crippen molar-refractivity contribution >= 4 is 5.82 Å². The lowest BCUT2D eigenvalue weighted by atomic mass is 10.1. The summed E-state index contributed by atoms with van der Waals surface area (Å²) in [5.74, 6) is 0.566. The molecular weight excluding hydrogens is 176 g/mol. The Bertz CT molecular complexity index is 413. The average molecular weight is 186 g/mol. The number of aromatic nitrogens is 3. The van der Waals surface area contributed by atoms with E-state index in [1.165, 1.54) is 6.33 Å². The third-order valence-electron chi connectivity index (χ3n) is 1.93. The molecule has 0 bridgehead atoms. The first kappa shape index (κ1) is 8.62. The van der Waals surface area contributed by atoms with Gasteiger partial charge in [0.05, 0.1) is 0 Å². The van der Waals surface area contributed by atoms with Crippen LogP contribution in [-0.2, 0) is 6.42 Å². The van der Waals surface area contributed by atoms with Gasteiger partial charge in [0.1, 0.15) is 12.1 Å². The second kappa shape index (κ2) is 3.83. The van der Waals surface area contributed by atoms with Crippen LogP contribution in [0, 0.1) is 0 Å². The molecule has 0 aliphatic carbocycles. The Balaban J connectivity index is 2.24. The van der Waals surface area contributed by atoms with Gasteiger partial charge >= 0.3 is 0 Å². The van der Waals surface area contributed by atoms with Crippen molar-refractivity contribution in [2.45, 2.75) is 6.42 Å². The van der Waals surface area contributed by atoms with Gasteiger partial charge in [0.2, 0.25) is 0 Å². The van der Waals surface area contributed by atoms with Crippen LogP contribution in [0.4, 0.5) is 5.82 Å². The summed E-state index contributed by atoms with van der Waals surface area (Å²) in [6.07, 6.45) is 7.47. The zero-order valence-electron chi connectivity index (χ0n) is 7.59. The molecule has 0 amide bonds. The molecule has 2 rings (SSSR count). The first-order valence-corrected chi connectivity index (χ1v) is 4.29. The highest BCUT2D eigenvalue weighted by atomic mass is 14.8. The Morgan fingerprint density at radius 3 is 2.71 bits per heavy atom. The normalized spacial score (nSPS) is 10.0. The summed E-state index contributed by atoms with van der Waals surface area (Å²) in [6, 6.07) is 3.82. The van der Waals surface area contributed by atoms with Crippen LogP contribution in [0.1, 0.15) is 11.1 Å². The van der Waals surface area contributed by atoms with Crippen molar-refractivity contribution in [1.29, 1.82) is 0 Å². The number of hydrogen-bond acceptors (Lipinski definition) is 4. The maximum absolute atomic E-state index is 5.72. The van der Waals surface area contributed by atoms with Gasteiger partial charge in [-0.1, -0.05) is 6.07 Å². The molecule has 0 aliphatic heterocycles. The second-order valence-electron chi connectivity index (χ2n) is 2.97. The van der Waals surface area contributed by atoms with Gasteiger partial charge in [0.25, 0.3) is 0 Å². The molecule has 2 aromatic heterocycles. The van der Waals surface area contributed by atoms with Crippen molar-refractivity contribution in [3.05, 3.63) is 48.2 Å². The van der Waals surface area contributed by atoms with Crippen LogP contribution in [0.2, 0.25) is 0 Å². The maximum Gasteiger partial charge on any atom is 0.126 e. The van der Waals surface area contributed by atoms with Gasteiger partial charge in [-0.05, 0) is 17.2 Å². The number of nitrogen functional groups attached to an aromatic ring is 1. The summed E-state index contributed by atoms with van der Waals surface area (Å²) >= 11 is 0. The molecule has 0 aliphatic rings. The lowest BCUT2D eigenvalue weighted by molar-refractivity contribution is 1.06. The van der Waals surface area contributed by atoms with Gasteiger partial charge in [-0.3, -0.25) is 0 Å². The minimum absolute atomic E-state index is 0.566. The topological polar surface area (TPSA) is 64.7 Å². The van der Waals surface area contributed by atoms with E-state index in [2.05, 4.69) is 15.0 Å². The fourth-order valence-electron chi connectivity index (χ4n) is 1.24.